The number of hydrogen-bond acceptors (Lipinski definition) is 6. The summed E-state index contributed by atoms with van der Waals surface area (Å²) < 4.78 is 10.9. The first-order valence-electron chi connectivity index (χ1n) is 18.0. The molecule has 3 aliphatic carbocycles. The van der Waals surface area contributed by atoms with Crippen LogP contribution >= 0.6 is 0 Å². The Morgan fingerprint density at radius 1 is 0.761 bits per heavy atom. The maximum absolute atomic E-state index is 12.1. The quantitative estimate of drug-likeness (QED) is 0.109. The molecule has 2 saturated carbocycles. The summed E-state index contributed by atoms with van der Waals surface area (Å²) in [5.74, 6) is 2.08. The fourth-order valence-electron chi connectivity index (χ4n) is 8.20. The van der Waals surface area contributed by atoms with Gasteiger partial charge in [0.1, 0.15) is 0 Å². The minimum absolute atomic E-state index is 0.0104. The standard InChI is InChI=1S/C40H58O6/c1-4-5-6-7-30-8-10-31(11-9-30)32-12-14-33(15-13-32)34-16-18-35(19-17-34)36-20-22-37(23-21-36)38(26-45-39(43)28(2)24-41)27-46-40(44)29(3)25-42/h8-12,33-38,41-42H,2-7,13-27H2,1H3. The van der Waals surface area contributed by atoms with Crippen LogP contribution in [0.5, 0.6) is 0 Å². The maximum atomic E-state index is 12.1. The molecule has 6 heteroatoms. The Kier molecular flexibility index (Phi) is 14.6. The molecular formula is C40H58O6. The lowest BCUT2D eigenvalue weighted by Crippen LogP contribution is -2.33. The zero-order chi connectivity index (χ0) is 32.9. The second-order valence-corrected chi connectivity index (χ2v) is 14.2. The van der Waals surface area contributed by atoms with Crippen molar-refractivity contribution in [3.8, 4) is 0 Å². The molecule has 0 amide bonds. The number of allylic oxidation sites excluding steroid dienone is 2. The largest absolute Gasteiger partial charge is 0.462 e. The van der Waals surface area contributed by atoms with Gasteiger partial charge in [-0.05, 0) is 130 Å². The molecule has 0 heterocycles. The van der Waals surface area contributed by atoms with Gasteiger partial charge in [0.25, 0.3) is 0 Å². The number of unbranched alkanes of at least 4 members (excludes halogenated alkanes) is 2. The van der Waals surface area contributed by atoms with Crippen LogP contribution in [0.1, 0.15) is 108 Å². The summed E-state index contributed by atoms with van der Waals surface area (Å²) in [6.45, 7) is 8.67. The van der Waals surface area contributed by atoms with Gasteiger partial charge in [-0.15, -0.1) is 0 Å². The number of carbonyl (C=O) groups is 2. The molecule has 0 spiro atoms. The van der Waals surface area contributed by atoms with Gasteiger partial charge in [0.2, 0.25) is 0 Å². The molecule has 0 aromatic heterocycles. The van der Waals surface area contributed by atoms with Crippen LogP contribution in [0, 0.1) is 35.5 Å². The van der Waals surface area contributed by atoms with Crippen LogP contribution in [0.3, 0.4) is 0 Å². The van der Waals surface area contributed by atoms with Gasteiger partial charge in [-0.25, -0.2) is 9.59 Å². The van der Waals surface area contributed by atoms with E-state index in [9.17, 15) is 19.8 Å². The van der Waals surface area contributed by atoms with Crippen molar-refractivity contribution >= 4 is 17.5 Å². The smallest absolute Gasteiger partial charge is 0.335 e. The Hall–Kier alpha value is -2.70. The monoisotopic (exact) mass is 634 g/mol. The Morgan fingerprint density at radius 3 is 1.76 bits per heavy atom. The summed E-state index contributed by atoms with van der Waals surface area (Å²) in [5.41, 5.74) is 4.45. The van der Waals surface area contributed by atoms with E-state index in [2.05, 4.69) is 50.4 Å². The molecule has 2 fully saturated rings. The fourth-order valence-corrected chi connectivity index (χ4v) is 8.20. The van der Waals surface area contributed by atoms with Crippen LogP contribution in [-0.4, -0.2) is 48.6 Å². The number of hydrogen-bond donors (Lipinski definition) is 2. The van der Waals surface area contributed by atoms with E-state index in [1.165, 1.54) is 81.8 Å². The summed E-state index contributed by atoms with van der Waals surface area (Å²) in [5, 5.41) is 18.4. The second-order valence-electron chi connectivity index (χ2n) is 14.2. The van der Waals surface area contributed by atoms with Crippen LogP contribution in [0.2, 0.25) is 0 Å². The predicted molar refractivity (Wildman–Crippen MR) is 184 cm³/mol. The normalized spacial score (nSPS) is 25.0. The zero-order valence-corrected chi connectivity index (χ0v) is 28.2. The Morgan fingerprint density at radius 2 is 1.28 bits per heavy atom. The minimum atomic E-state index is -0.624. The number of esters is 2. The van der Waals surface area contributed by atoms with E-state index in [1.807, 2.05) is 0 Å². The van der Waals surface area contributed by atoms with E-state index < -0.39 is 25.2 Å². The van der Waals surface area contributed by atoms with Crippen molar-refractivity contribution in [2.24, 2.45) is 35.5 Å². The van der Waals surface area contributed by atoms with Gasteiger partial charge in [0.15, 0.2) is 0 Å². The van der Waals surface area contributed by atoms with Gasteiger partial charge in [0, 0.05) is 5.92 Å². The van der Waals surface area contributed by atoms with Crippen LogP contribution in [-0.2, 0) is 25.5 Å². The van der Waals surface area contributed by atoms with Crippen LogP contribution in [0.25, 0.3) is 5.57 Å². The predicted octanol–water partition coefficient (Wildman–Crippen LogP) is 8.02. The third kappa shape index (κ3) is 10.4. The SMILES string of the molecule is C=C(CO)C(=O)OCC(COC(=O)C(=C)CO)C1CCC(C2CCC(C3CC=C(c4ccc(CCCCC)cc4)CC3)CC2)CC1. The molecule has 46 heavy (non-hydrogen) atoms. The molecule has 0 aliphatic heterocycles. The first-order chi connectivity index (χ1) is 22.3. The van der Waals surface area contributed by atoms with Gasteiger partial charge < -0.3 is 19.7 Å². The number of benzene rings is 1. The van der Waals surface area contributed by atoms with Crippen molar-refractivity contribution in [1.29, 1.82) is 0 Å². The zero-order valence-electron chi connectivity index (χ0n) is 28.2. The van der Waals surface area contributed by atoms with E-state index in [4.69, 9.17) is 9.47 Å². The van der Waals surface area contributed by atoms with Crippen molar-refractivity contribution in [3.05, 3.63) is 65.8 Å². The number of ether oxygens (including phenoxy) is 2. The molecule has 0 bridgehead atoms. The lowest BCUT2D eigenvalue weighted by atomic mass is 9.65. The van der Waals surface area contributed by atoms with Crippen molar-refractivity contribution in [2.75, 3.05) is 26.4 Å². The second kappa shape index (κ2) is 18.6. The number of aryl methyl sites for hydroxylation is 1. The highest BCUT2D eigenvalue weighted by molar-refractivity contribution is 5.88. The Bertz CT molecular complexity index is 1130. The van der Waals surface area contributed by atoms with Gasteiger partial charge in [0.05, 0.1) is 37.6 Å². The maximum Gasteiger partial charge on any atom is 0.335 e. The van der Waals surface area contributed by atoms with E-state index >= 15 is 0 Å². The third-order valence-electron chi connectivity index (χ3n) is 11.3. The highest BCUT2D eigenvalue weighted by Crippen LogP contribution is 2.46. The van der Waals surface area contributed by atoms with Crippen LogP contribution in [0.15, 0.2) is 54.6 Å². The Balaban J connectivity index is 1.21. The summed E-state index contributed by atoms with van der Waals surface area (Å²) in [6, 6.07) is 9.36. The van der Waals surface area contributed by atoms with E-state index in [0.29, 0.717) is 0 Å². The molecule has 1 atom stereocenters. The highest BCUT2D eigenvalue weighted by atomic mass is 16.5. The molecule has 1 aromatic rings. The summed E-state index contributed by atoms with van der Waals surface area (Å²) in [7, 11) is 0. The summed E-state index contributed by atoms with van der Waals surface area (Å²) in [4.78, 5) is 24.3. The van der Waals surface area contributed by atoms with Crippen LogP contribution in [0.4, 0.5) is 0 Å². The molecular weight excluding hydrogens is 576 g/mol. The molecule has 4 rings (SSSR count). The van der Waals surface area contributed by atoms with Gasteiger partial charge in [-0.1, -0.05) is 63.3 Å². The third-order valence-corrected chi connectivity index (χ3v) is 11.3. The van der Waals surface area contributed by atoms with Crippen molar-refractivity contribution < 1.29 is 29.3 Å². The number of aliphatic hydroxyl groups is 2. The van der Waals surface area contributed by atoms with E-state index in [0.717, 1.165) is 49.4 Å². The molecule has 1 aromatic carbocycles. The molecule has 2 N–H and O–H groups in total. The molecule has 6 nitrogen and oxygen atoms in total. The highest BCUT2D eigenvalue weighted by Gasteiger charge is 2.36. The first-order valence-corrected chi connectivity index (χ1v) is 18.0. The Labute approximate surface area is 277 Å². The van der Waals surface area contributed by atoms with Gasteiger partial charge in [-0.2, -0.15) is 0 Å². The molecule has 1 unspecified atom stereocenters. The molecule has 3 aliphatic rings. The molecule has 254 valence electrons. The average molecular weight is 635 g/mol. The number of carbonyl (C=O) groups excluding carboxylic acids is 2. The average Bonchev–Trinajstić information content (AvgIpc) is 3.11. The summed E-state index contributed by atoms with van der Waals surface area (Å²) in [6.07, 6.45) is 21.0. The topological polar surface area (TPSA) is 93.1 Å². The lowest BCUT2D eigenvalue weighted by molar-refractivity contribution is -0.146. The van der Waals surface area contributed by atoms with Crippen molar-refractivity contribution in [1.82, 2.24) is 0 Å². The van der Waals surface area contributed by atoms with Crippen molar-refractivity contribution in [2.45, 2.75) is 103 Å². The van der Waals surface area contributed by atoms with Gasteiger partial charge in [-0.3, -0.25) is 0 Å². The fraction of sp³-hybridized carbons (Fsp3) is 0.650. The molecule has 0 radical (unpaired) electrons. The molecule has 0 saturated heterocycles. The number of aliphatic hydroxyl groups excluding tert-OH is 2. The van der Waals surface area contributed by atoms with E-state index in [1.54, 1.807) is 5.57 Å². The number of rotatable bonds is 16. The van der Waals surface area contributed by atoms with Crippen LogP contribution < -0.4 is 0 Å². The minimum Gasteiger partial charge on any atom is -0.462 e. The lowest BCUT2D eigenvalue weighted by Gasteiger charge is -2.41. The summed E-state index contributed by atoms with van der Waals surface area (Å²) >= 11 is 0. The van der Waals surface area contributed by atoms with E-state index in [-0.39, 0.29) is 36.2 Å². The van der Waals surface area contributed by atoms with Crippen molar-refractivity contribution in [3.63, 3.8) is 0 Å². The van der Waals surface area contributed by atoms with Gasteiger partial charge >= 0.3 is 11.9 Å². The first kappa shape index (κ1) is 36.1.